The number of nitrogens with one attached hydrogen (secondary N) is 1. The largest absolute Gasteiger partial charge is 0.501 e. The lowest BCUT2D eigenvalue weighted by molar-refractivity contribution is 0.0976. The summed E-state index contributed by atoms with van der Waals surface area (Å²) in [7, 11) is 3.52. The smallest absolute Gasteiger partial charge is 0.256 e. The van der Waals surface area contributed by atoms with Crippen LogP contribution in [0, 0.1) is 0 Å². The molecule has 0 spiro atoms. The molecule has 0 bridgehead atoms. The Morgan fingerprint density at radius 1 is 1.28 bits per heavy atom. The molecule has 0 aliphatic carbocycles. The minimum atomic E-state index is -0.173. The third-order valence-corrected chi connectivity index (χ3v) is 5.31. The van der Waals surface area contributed by atoms with Crippen LogP contribution in [0.5, 0.6) is 5.75 Å². The van der Waals surface area contributed by atoms with Crippen LogP contribution in [-0.2, 0) is 18.2 Å². The zero-order valence-corrected chi connectivity index (χ0v) is 17.1. The Bertz CT molecular complexity index is 1080. The number of rotatable bonds is 3. The summed E-state index contributed by atoms with van der Waals surface area (Å²) in [5, 5.41) is 7.20. The van der Waals surface area contributed by atoms with Gasteiger partial charge in [0.2, 0.25) is 0 Å². The minimum absolute atomic E-state index is 0.173. The monoisotopic (exact) mass is 392 g/mol. The Labute approximate surface area is 169 Å². The summed E-state index contributed by atoms with van der Waals surface area (Å²) in [6.07, 6.45) is 5.09. The highest BCUT2D eigenvalue weighted by Gasteiger charge is 2.25. The maximum absolute atomic E-state index is 12.8. The Morgan fingerprint density at radius 3 is 2.83 bits per heavy atom. The Hall–Kier alpha value is -3.35. The van der Waals surface area contributed by atoms with E-state index < -0.39 is 0 Å². The highest BCUT2D eigenvalue weighted by atomic mass is 16.5. The number of carbonyl (C=O) groups is 1. The van der Waals surface area contributed by atoms with E-state index in [-0.39, 0.29) is 5.91 Å². The molecular weight excluding hydrogens is 368 g/mol. The van der Waals surface area contributed by atoms with Crippen molar-refractivity contribution >= 4 is 17.3 Å². The molecule has 7 heteroatoms. The first-order chi connectivity index (χ1) is 14.0. The molecule has 1 amide bonds. The molecule has 0 fully saturated rings. The number of aliphatic imine (C=N–C) groups is 1. The number of nitrogens with zero attached hydrogens (tertiary/aromatic N) is 3. The molecule has 29 heavy (non-hydrogen) atoms. The van der Waals surface area contributed by atoms with Gasteiger partial charge < -0.3 is 14.8 Å². The van der Waals surface area contributed by atoms with Crippen molar-refractivity contribution in [2.45, 2.75) is 26.7 Å². The van der Waals surface area contributed by atoms with Crippen LogP contribution in [0.1, 0.15) is 41.8 Å². The molecule has 0 atom stereocenters. The first-order valence-electron chi connectivity index (χ1n) is 9.55. The summed E-state index contributed by atoms with van der Waals surface area (Å²) in [6, 6.07) is 5.53. The van der Waals surface area contributed by atoms with Crippen LogP contribution < -0.4 is 10.1 Å². The second-order valence-corrected chi connectivity index (χ2v) is 7.23. The highest BCUT2D eigenvalue weighted by Crippen LogP contribution is 2.33. The quantitative estimate of drug-likeness (QED) is 0.814. The van der Waals surface area contributed by atoms with Gasteiger partial charge in [0.25, 0.3) is 5.91 Å². The van der Waals surface area contributed by atoms with E-state index in [0.29, 0.717) is 24.4 Å². The van der Waals surface area contributed by atoms with Gasteiger partial charge in [-0.25, -0.2) is 4.99 Å². The summed E-state index contributed by atoms with van der Waals surface area (Å²) in [5.74, 6) is 2.08. The number of hydrogen-bond donors (Lipinski definition) is 1. The number of aryl methyl sites for hydroxylation is 1. The number of methoxy groups -OCH3 is 1. The summed E-state index contributed by atoms with van der Waals surface area (Å²) < 4.78 is 12.7. The summed E-state index contributed by atoms with van der Waals surface area (Å²) in [6.45, 7) is 4.58. The topological polar surface area (TPSA) is 77.7 Å². The van der Waals surface area contributed by atoms with Crippen LogP contribution in [0.3, 0.4) is 0 Å². The van der Waals surface area contributed by atoms with E-state index in [1.807, 2.05) is 39.2 Å². The first-order valence-corrected chi connectivity index (χ1v) is 9.55. The first kappa shape index (κ1) is 19.0. The van der Waals surface area contributed by atoms with Crippen molar-refractivity contribution < 1.29 is 14.3 Å². The molecule has 4 rings (SSSR count). The maximum Gasteiger partial charge on any atom is 0.256 e. The SMILES string of the molecule is CO/C(C)=C1\CC(NC(=O)c2ccc3c(c2)CCO3)=N\C1=C(\C)c1cnn(C)c1. The zero-order chi connectivity index (χ0) is 20.5. The molecule has 2 aliphatic rings. The molecule has 1 aromatic heterocycles. The second kappa shape index (κ2) is 7.58. The molecule has 7 nitrogen and oxygen atoms in total. The second-order valence-electron chi connectivity index (χ2n) is 7.23. The zero-order valence-electron chi connectivity index (χ0n) is 17.1. The molecule has 0 radical (unpaired) electrons. The van der Waals surface area contributed by atoms with E-state index in [1.54, 1.807) is 24.1 Å². The van der Waals surface area contributed by atoms with Crippen molar-refractivity contribution in [1.29, 1.82) is 0 Å². The van der Waals surface area contributed by atoms with Crippen molar-refractivity contribution in [3.63, 3.8) is 0 Å². The van der Waals surface area contributed by atoms with E-state index in [4.69, 9.17) is 14.5 Å². The Morgan fingerprint density at radius 2 is 2.10 bits per heavy atom. The number of ether oxygens (including phenoxy) is 2. The molecule has 0 unspecified atom stereocenters. The fourth-order valence-corrected chi connectivity index (χ4v) is 3.57. The summed E-state index contributed by atoms with van der Waals surface area (Å²) >= 11 is 0. The predicted molar refractivity (Wildman–Crippen MR) is 111 cm³/mol. The molecule has 1 N–H and O–H groups in total. The van der Waals surface area contributed by atoms with E-state index in [9.17, 15) is 4.79 Å². The molecule has 1 aromatic carbocycles. The number of fused-ring (bicyclic) bond motifs is 1. The van der Waals surface area contributed by atoms with Gasteiger partial charge in [-0.2, -0.15) is 5.10 Å². The number of allylic oxidation sites excluding steroid dienone is 3. The third kappa shape index (κ3) is 3.68. The van der Waals surface area contributed by atoms with Crippen LogP contribution in [0.2, 0.25) is 0 Å². The number of amides is 1. The van der Waals surface area contributed by atoms with Gasteiger partial charge in [0.15, 0.2) is 0 Å². The average molecular weight is 392 g/mol. The highest BCUT2D eigenvalue weighted by molar-refractivity contribution is 6.09. The van der Waals surface area contributed by atoms with Gasteiger partial charge in [-0.15, -0.1) is 0 Å². The maximum atomic E-state index is 12.8. The molecule has 3 heterocycles. The van der Waals surface area contributed by atoms with Crippen molar-refractivity contribution in [3.05, 3.63) is 64.3 Å². The number of carbonyl (C=O) groups excluding carboxylic acids is 1. The van der Waals surface area contributed by atoms with E-state index in [1.165, 1.54) is 0 Å². The van der Waals surface area contributed by atoms with Gasteiger partial charge in [-0.1, -0.05) is 0 Å². The number of hydrogen-bond acceptors (Lipinski definition) is 5. The lowest BCUT2D eigenvalue weighted by Crippen LogP contribution is -2.29. The van der Waals surface area contributed by atoms with Gasteiger partial charge in [-0.05, 0) is 43.2 Å². The number of aromatic nitrogens is 2. The Balaban J connectivity index is 1.63. The van der Waals surface area contributed by atoms with Crippen molar-refractivity contribution in [2.24, 2.45) is 12.0 Å². The summed E-state index contributed by atoms with van der Waals surface area (Å²) in [4.78, 5) is 17.5. The van der Waals surface area contributed by atoms with Crippen molar-refractivity contribution in [2.75, 3.05) is 13.7 Å². The lowest BCUT2D eigenvalue weighted by atomic mass is 10.0. The number of amidine groups is 1. The molecular formula is C22H24N4O3. The fourth-order valence-electron chi connectivity index (χ4n) is 3.57. The van der Waals surface area contributed by atoms with Crippen molar-refractivity contribution in [3.8, 4) is 5.75 Å². The minimum Gasteiger partial charge on any atom is -0.501 e. The predicted octanol–water partition coefficient (Wildman–Crippen LogP) is 3.24. The van der Waals surface area contributed by atoms with E-state index in [0.717, 1.165) is 45.9 Å². The van der Waals surface area contributed by atoms with E-state index >= 15 is 0 Å². The standard InChI is InChI=1S/C22H24N4O3/c1-13(17-11-23-26(3)12-17)21-18(14(2)28-4)10-20(24-21)25-22(27)16-5-6-19-15(9-16)7-8-29-19/h5-6,9,11-12H,7-8,10H2,1-4H3,(H,24,25,27)/b18-14+,21-13-. The van der Waals surface area contributed by atoms with Crippen LogP contribution in [0.25, 0.3) is 5.57 Å². The fraction of sp³-hybridized carbons (Fsp3) is 0.318. The van der Waals surface area contributed by atoms with Crippen LogP contribution in [-0.4, -0.2) is 35.2 Å². The van der Waals surface area contributed by atoms with E-state index in [2.05, 4.69) is 10.4 Å². The van der Waals surface area contributed by atoms with Crippen LogP contribution in [0.4, 0.5) is 0 Å². The molecule has 0 saturated heterocycles. The lowest BCUT2D eigenvalue weighted by Gasteiger charge is -2.08. The van der Waals surface area contributed by atoms with Gasteiger partial charge in [-0.3, -0.25) is 9.48 Å². The van der Waals surface area contributed by atoms with Crippen LogP contribution in [0.15, 0.2) is 52.6 Å². The third-order valence-electron chi connectivity index (χ3n) is 5.31. The Kier molecular flexibility index (Phi) is 4.96. The van der Waals surface area contributed by atoms with Gasteiger partial charge in [0.1, 0.15) is 11.6 Å². The molecule has 2 aromatic rings. The van der Waals surface area contributed by atoms with Crippen LogP contribution >= 0.6 is 0 Å². The molecule has 150 valence electrons. The van der Waals surface area contributed by atoms with Gasteiger partial charge >= 0.3 is 0 Å². The van der Waals surface area contributed by atoms with Gasteiger partial charge in [0, 0.05) is 42.8 Å². The van der Waals surface area contributed by atoms with Gasteiger partial charge in [0.05, 0.1) is 31.4 Å². The molecule has 2 aliphatic heterocycles. The number of benzene rings is 1. The molecule has 0 saturated carbocycles. The average Bonchev–Trinajstić information content (AvgIpc) is 3.45. The normalized spacial score (nSPS) is 18.7. The van der Waals surface area contributed by atoms with Crippen molar-refractivity contribution in [1.82, 2.24) is 15.1 Å². The summed E-state index contributed by atoms with van der Waals surface area (Å²) in [5.41, 5.74) is 5.42.